The highest BCUT2D eigenvalue weighted by atomic mass is 16.6. The van der Waals surface area contributed by atoms with Crippen molar-refractivity contribution in [3.63, 3.8) is 0 Å². The molecule has 1 fully saturated rings. The highest BCUT2D eigenvalue weighted by molar-refractivity contribution is 5.78. The average Bonchev–Trinajstić information content (AvgIpc) is 2.68. The van der Waals surface area contributed by atoms with Gasteiger partial charge in [0.2, 0.25) is 5.91 Å². The zero-order valence-corrected chi connectivity index (χ0v) is 15.5. The van der Waals surface area contributed by atoms with E-state index in [1.807, 2.05) is 54.3 Å². The fourth-order valence-corrected chi connectivity index (χ4v) is 3.29. The van der Waals surface area contributed by atoms with Crippen molar-refractivity contribution in [3.05, 3.63) is 65.7 Å². The number of amides is 2. The van der Waals surface area contributed by atoms with Crippen LogP contribution in [0.2, 0.25) is 0 Å². The second kappa shape index (κ2) is 8.58. The van der Waals surface area contributed by atoms with Crippen LogP contribution in [-0.2, 0) is 9.53 Å². The van der Waals surface area contributed by atoms with Crippen LogP contribution < -0.4 is 10.6 Å². The van der Waals surface area contributed by atoms with Crippen molar-refractivity contribution in [2.75, 3.05) is 31.1 Å². The van der Waals surface area contributed by atoms with E-state index in [1.54, 1.807) is 0 Å². The van der Waals surface area contributed by atoms with E-state index in [-0.39, 0.29) is 12.3 Å². The van der Waals surface area contributed by atoms with Crippen LogP contribution in [0.25, 0.3) is 0 Å². The van der Waals surface area contributed by atoms with Gasteiger partial charge in [0.25, 0.3) is 0 Å². The molecule has 0 radical (unpaired) electrons. The van der Waals surface area contributed by atoms with Crippen LogP contribution in [0.3, 0.4) is 0 Å². The van der Waals surface area contributed by atoms with Crippen molar-refractivity contribution in [2.24, 2.45) is 5.73 Å². The Bertz CT molecular complexity index is 769. The molecule has 2 amide bonds. The summed E-state index contributed by atoms with van der Waals surface area (Å²) in [5.74, 6) is -0.0328. The largest absolute Gasteiger partial charge is 0.441 e. The maximum atomic E-state index is 12.7. The molecule has 3 rings (SSSR count). The number of nitrogens with zero attached hydrogens (tertiary/aromatic N) is 2. The number of primary amides is 1. The Balaban J connectivity index is 1.61. The number of carbonyl (C=O) groups is 2. The van der Waals surface area contributed by atoms with Crippen molar-refractivity contribution in [1.82, 2.24) is 4.90 Å². The smallest absolute Gasteiger partial charge is 0.405 e. The Kier molecular flexibility index (Phi) is 5.96. The van der Waals surface area contributed by atoms with Crippen molar-refractivity contribution in [1.29, 1.82) is 0 Å². The summed E-state index contributed by atoms with van der Waals surface area (Å²) in [5.41, 5.74) is 8.24. The fourth-order valence-electron chi connectivity index (χ4n) is 3.29. The molecule has 1 aliphatic heterocycles. The number of anilines is 1. The summed E-state index contributed by atoms with van der Waals surface area (Å²) in [4.78, 5) is 28.1. The third-order valence-corrected chi connectivity index (χ3v) is 4.82. The molecule has 2 aromatic rings. The molecule has 2 N–H and O–H groups in total. The van der Waals surface area contributed by atoms with Crippen LogP contribution in [0.1, 0.15) is 23.7 Å². The van der Waals surface area contributed by atoms with Gasteiger partial charge < -0.3 is 20.3 Å². The lowest BCUT2D eigenvalue weighted by Gasteiger charge is -2.36. The molecule has 1 heterocycles. The fraction of sp³-hybridized carbons (Fsp3) is 0.333. The zero-order chi connectivity index (χ0) is 19.2. The highest BCUT2D eigenvalue weighted by Gasteiger charge is 2.26. The second-order valence-corrected chi connectivity index (χ2v) is 6.74. The quantitative estimate of drug-likeness (QED) is 0.882. The van der Waals surface area contributed by atoms with E-state index in [2.05, 4.69) is 17.0 Å². The Morgan fingerprint density at radius 2 is 1.63 bits per heavy atom. The van der Waals surface area contributed by atoms with E-state index in [1.165, 1.54) is 5.69 Å². The first-order valence-corrected chi connectivity index (χ1v) is 9.13. The number of aryl methyl sites for hydroxylation is 1. The van der Waals surface area contributed by atoms with E-state index < -0.39 is 12.2 Å². The molecule has 2 aromatic carbocycles. The van der Waals surface area contributed by atoms with Gasteiger partial charge in [-0.2, -0.15) is 0 Å². The minimum Gasteiger partial charge on any atom is -0.441 e. The molecule has 6 heteroatoms. The van der Waals surface area contributed by atoms with Gasteiger partial charge in [-0.15, -0.1) is 0 Å². The Morgan fingerprint density at radius 1 is 1.00 bits per heavy atom. The number of hydrogen-bond donors (Lipinski definition) is 1. The zero-order valence-electron chi connectivity index (χ0n) is 15.5. The molecule has 0 bridgehead atoms. The first-order valence-electron chi connectivity index (χ1n) is 9.13. The van der Waals surface area contributed by atoms with E-state index in [9.17, 15) is 9.59 Å². The lowest BCUT2D eigenvalue weighted by atomic mass is 10.0. The lowest BCUT2D eigenvalue weighted by molar-refractivity contribution is -0.133. The lowest BCUT2D eigenvalue weighted by Crippen LogP contribution is -2.49. The maximum absolute atomic E-state index is 12.7. The predicted octanol–water partition coefficient (Wildman–Crippen LogP) is 2.87. The minimum absolute atomic E-state index is 0.0328. The van der Waals surface area contributed by atoms with Gasteiger partial charge in [0, 0.05) is 31.9 Å². The number of para-hydroxylation sites is 1. The van der Waals surface area contributed by atoms with Crippen LogP contribution >= 0.6 is 0 Å². The number of piperazine rings is 1. The van der Waals surface area contributed by atoms with Gasteiger partial charge in [-0.3, -0.25) is 4.79 Å². The summed E-state index contributed by atoms with van der Waals surface area (Å²) in [6.45, 7) is 4.82. The summed E-state index contributed by atoms with van der Waals surface area (Å²) in [6.07, 6.45) is -1.44. The van der Waals surface area contributed by atoms with Crippen molar-refractivity contribution < 1.29 is 14.3 Å². The van der Waals surface area contributed by atoms with Gasteiger partial charge in [0.05, 0.1) is 6.42 Å². The van der Waals surface area contributed by atoms with Gasteiger partial charge in [0.1, 0.15) is 6.10 Å². The molecule has 1 unspecified atom stereocenters. The van der Waals surface area contributed by atoms with E-state index in [0.29, 0.717) is 13.1 Å². The minimum atomic E-state index is -0.873. The molecule has 6 nitrogen and oxygen atoms in total. The SMILES string of the molecule is Cc1ccc(C(CC(=O)N2CCN(c3ccccc3)CC2)OC(N)=O)cc1. The normalized spacial score (nSPS) is 15.3. The second-order valence-electron chi connectivity index (χ2n) is 6.74. The van der Waals surface area contributed by atoms with E-state index in [0.717, 1.165) is 24.2 Å². The summed E-state index contributed by atoms with van der Waals surface area (Å²) >= 11 is 0. The monoisotopic (exact) mass is 367 g/mol. The predicted molar refractivity (Wildman–Crippen MR) is 104 cm³/mol. The number of carbonyl (C=O) groups excluding carboxylic acids is 2. The van der Waals surface area contributed by atoms with Gasteiger partial charge in [-0.05, 0) is 24.6 Å². The number of hydrogen-bond acceptors (Lipinski definition) is 4. The van der Waals surface area contributed by atoms with Crippen LogP contribution in [0.4, 0.5) is 10.5 Å². The van der Waals surface area contributed by atoms with Crippen molar-refractivity contribution in [3.8, 4) is 0 Å². The van der Waals surface area contributed by atoms with Gasteiger partial charge in [-0.1, -0.05) is 48.0 Å². The third kappa shape index (κ3) is 5.00. The summed E-state index contributed by atoms with van der Waals surface area (Å²) in [7, 11) is 0. The van der Waals surface area contributed by atoms with Crippen LogP contribution in [-0.4, -0.2) is 43.1 Å². The third-order valence-electron chi connectivity index (χ3n) is 4.82. The molecular weight excluding hydrogens is 342 g/mol. The first-order chi connectivity index (χ1) is 13.0. The van der Waals surface area contributed by atoms with Crippen LogP contribution in [0.5, 0.6) is 0 Å². The summed E-state index contributed by atoms with van der Waals surface area (Å²) in [6, 6.07) is 17.8. The van der Waals surface area contributed by atoms with Crippen LogP contribution in [0, 0.1) is 6.92 Å². The molecule has 1 saturated heterocycles. The van der Waals surface area contributed by atoms with E-state index >= 15 is 0 Å². The maximum Gasteiger partial charge on any atom is 0.405 e. The Hall–Kier alpha value is -3.02. The van der Waals surface area contributed by atoms with Crippen molar-refractivity contribution in [2.45, 2.75) is 19.4 Å². The number of rotatable bonds is 5. The van der Waals surface area contributed by atoms with E-state index in [4.69, 9.17) is 10.5 Å². The molecular formula is C21H25N3O3. The van der Waals surface area contributed by atoms with Crippen molar-refractivity contribution >= 4 is 17.7 Å². The number of ether oxygens (including phenoxy) is 1. The number of benzene rings is 2. The standard InChI is InChI=1S/C21H25N3O3/c1-16-7-9-17(10-8-16)19(27-21(22)26)15-20(25)24-13-11-23(12-14-24)18-5-3-2-4-6-18/h2-10,19H,11-15H2,1H3,(H2,22,26). The first kappa shape index (κ1) is 18.8. The Morgan fingerprint density at radius 3 is 2.22 bits per heavy atom. The topological polar surface area (TPSA) is 75.9 Å². The highest BCUT2D eigenvalue weighted by Crippen LogP contribution is 2.24. The molecule has 0 saturated carbocycles. The van der Waals surface area contributed by atoms with Gasteiger partial charge in [0.15, 0.2) is 0 Å². The van der Waals surface area contributed by atoms with Gasteiger partial charge in [-0.25, -0.2) is 4.79 Å². The molecule has 0 aromatic heterocycles. The van der Waals surface area contributed by atoms with Gasteiger partial charge >= 0.3 is 6.09 Å². The molecule has 0 spiro atoms. The summed E-state index contributed by atoms with van der Waals surface area (Å²) < 4.78 is 5.21. The Labute approximate surface area is 159 Å². The summed E-state index contributed by atoms with van der Waals surface area (Å²) in [5, 5.41) is 0. The average molecular weight is 367 g/mol. The molecule has 0 aliphatic carbocycles. The molecule has 27 heavy (non-hydrogen) atoms. The molecule has 1 atom stereocenters. The number of nitrogens with two attached hydrogens (primary N) is 1. The molecule has 1 aliphatic rings. The van der Waals surface area contributed by atoms with Crippen LogP contribution in [0.15, 0.2) is 54.6 Å². The molecule has 142 valence electrons.